The first-order chi connectivity index (χ1) is 3.72. The largest absolute Gasteiger partial charge is 0.299 e. The highest BCUT2D eigenvalue weighted by Crippen LogP contribution is 1.99. The van der Waals surface area contributed by atoms with Crippen LogP contribution in [0.25, 0.3) is 0 Å². The minimum Gasteiger partial charge on any atom is -0.299 e. The lowest BCUT2D eigenvalue weighted by molar-refractivity contribution is -0.122. The summed E-state index contributed by atoms with van der Waals surface area (Å²) >= 11 is 1.85. The van der Waals surface area contributed by atoms with Gasteiger partial charge in [0.05, 0.1) is 22.9 Å². The minimum atomic E-state index is 0.119. The molecular formula is C5H10INO. The van der Waals surface area contributed by atoms with Crippen molar-refractivity contribution in [3.63, 3.8) is 0 Å². The highest BCUT2D eigenvalue weighted by atomic mass is 127. The Hall–Kier alpha value is 0.200. The molecule has 0 saturated heterocycles. The zero-order chi connectivity index (χ0) is 6.57. The predicted molar refractivity (Wildman–Crippen MR) is 41.6 cm³/mol. The molecule has 0 heterocycles. The number of nitrogens with one attached hydrogen (secondary N) is 1. The van der Waals surface area contributed by atoms with Gasteiger partial charge in [0, 0.05) is 5.92 Å². The molecule has 0 rings (SSSR count). The van der Waals surface area contributed by atoms with Gasteiger partial charge in [0.25, 0.3) is 0 Å². The van der Waals surface area contributed by atoms with Crippen LogP contribution in [0.4, 0.5) is 0 Å². The van der Waals surface area contributed by atoms with Crippen molar-refractivity contribution in [2.45, 2.75) is 20.3 Å². The number of hydrogen-bond donors (Lipinski definition) is 1. The number of rotatable bonds is 2. The SMILES string of the molecule is CC[C@H](C)C(=O)NI. The monoisotopic (exact) mass is 227 g/mol. The summed E-state index contributed by atoms with van der Waals surface area (Å²) in [7, 11) is 0. The maximum Gasteiger partial charge on any atom is 0.231 e. The Bertz CT molecular complexity index is 84.5. The van der Waals surface area contributed by atoms with Crippen LogP contribution in [0.15, 0.2) is 0 Å². The van der Waals surface area contributed by atoms with E-state index < -0.39 is 0 Å². The average molecular weight is 227 g/mol. The van der Waals surface area contributed by atoms with Crippen molar-refractivity contribution in [1.82, 2.24) is 3.53 Å². The van der Waals surface area contributed by atoms with Gasteiger partial charge in [-0.15, -0.1) is 0 Å². The molecule has 0 radical (unpaired) electrons. The quantitative estimate of drug-likeness (QED) is 0.562. The molecule has 1 N–H and O–H groups in total. The van der Waals surface area contributed by atoms with Gasteiger partial charge in [-0.1, -0.05) is 13.8 Å². The van der Waals surface area contributed by atoms with E-state index in [4.69, 9.17) is 0 Å². The summed E-state index contributed by atoms with van der Waals surface area (Å²) in [4.78, 5) is 10.6. The van der Waals surface area contributed by atoms with Gasteiger partial charge in [-0.3, -0.25) is 8.32 Å². The molecule has 8 heavy (non-hydrogen) atoms. The van der Waals surface area contributed by atoms with Gasteiger partial charge in [-0.05, 0) is 6.42 Å². The van der Waals surface area contributed by atoms with E-state index in [1.165, 1.54) is 0 Å². The van der Waals surface area contributed by atoms with Crippen molar-refractivity contribution < 1.29 is 4.79 Å². The Kier molecular flexibility index (Phi) is 4.22. The molecule has 2 nitrogen and oxygen atoms in total. The lowest BCUT2D eigenvalue weighted by atomic mass is 10.1. The molecule has 0 aliphatic heterocycles. The first-order valence-electron chi connectivity index (χ1n) is 2.62. The molecule has 0 aromatic carbocycles. The molecule has 0 aliphatic rings. The van der Waals surface area contributed by atoms with E-state index in [-0.39, 0.29) is 11.8 Å². The number of hydrogen-bond acceptors (Lipinski definition) is 1. The second kappa shape index (κ2) is 4.12. The predicted octanol–water partition coefficient (Wildman–Crippen LogP) is 1.50. The minimum absolute atomic E-state index is 0.119. The average Bonchev–Trinajstić information content (AvgIpc) is 1.84. The Morgan fingerprint density at radius 1 is 1.88 bits per heavy atom. The number of halogens is 1. The van der Waals surface area contributed by atoms with Crippen LogP contribution in [0, 0.1) is 5.92 Å². The van der Waals surface area contributed by atoms with E-state index in [0.717, 1.165) is 6.42 Å². The standard InChI is InChI=1S/C5H10INO/c1-3-4(2)5(8)7-6/h4H,3H2,1-2H3,(H,7,8)/t4-/m0/s1. The van der Waals surface area contributed by atoms with Crippen LogP contribution in [-0.4, -0.2) is 5.91 Å². The highest BCUT2D eigenvalue weighted by Gasteiger charge is 2.06. The molecule has 0 fully saturated rings. The molecule has 0 spiro atoms. The first-order valence-corrected chi connectivity index (χ1v) is 3.70. The lowest BCUT2D eigenvalue weighted by Crippen LogP contribution is -2.19. The molecular weight excluding hydrogens is 217 g/mol. The maximum absolute atomic E-state index is 10.6. The summed E-state index contributed by atoms with van der Waals surface area (Å²) in [5, 5.41) is 0. The Morgan fingerprint density at radius 3 is 2.50 bits per heavy atom. The van der Waals surface area contributed by atoms with Crippen LogP contribution in [-0.2, 0) is 4.79 Å². The van der Waals surface area contributed by atoms with Crippen molar-refractivity contribution >= 4 is 28.8 Å². The van der Waals surface area contributed by atoms with E-state index in [0.29, 0.717) is 0 Å². The summed E-state index contributed by atoms with van der Waals surface area (Å²) in [5.74, 6) is 0.278. The highest BCUT2D eigenvalue weighted by molar-refractivity contribution is 14.1. The van der Waals surface area contributed by atoms with Crippen LogP contribution in [0.2, 0.25) is 0 Å². The molecule has 48 valence electrons. The van der Waals surface area contributed by atoms with Gasteiger partial charge in [-0.25, -0.2) is 0 Å². The molecule has 0 aliphatic carbocycles. The summed E-state index contributed by atoms with van der Waals surface area (Å²) in [6, 6.07) is 0. The van der Waals surface area contributed by atoms with Crippen molar-refractivity contribution in [1.29, 1.82) is 0 Å². The van der Waals surface area contributed by atoms with Crippen molar-refractivity contribution in [2.75, 3.05) is 0 Å². The fourth-order valence-corrected chi connectivity index (χ4v) is 0.810. The Balaban J connectivity index is 3.46. The maximum atomic E-state index is 10.6. The zero-order valence-electron chi connectivity index (χ0n) is 5.07. The van der Waals surface area contributed by atoms with Gasteiger partial charge < -0.3 is 0 Å². The fourth-order valence-electron chi connectivity index (χ4n) is 0.279. The lowest BCUT2D eigenvalue weighted by Gasteiger charge is -2.02. The molecule has 0 saturated carbocycles. The van der Waals surface area contributed by atoms with Gasteiger partial charge in [0.15, 0.2) is 0 Å². The molecule has 0 aromatic heterocycles. The third-order valence-corrected chi connectivity index (χ3v) is 1.68. The van der Waals surface area contributed by atoms with Crippen molar-refractivity contribution in [3.05, 3.63) is 0 Å². The normalized spacial score (nSPS) is 12.9. The van der Waals surface area contributed by atoms with Crippen LogP contribution in [0.3, 0.4) is 0 Å². The molecule has 0 unspecified atom stereocenters. The van der Waals surface area contributed by atoms with E-state index in [1.54, 1.807) is 0 Å². The van der Waals surface area contributed by atoms with Gasteiger partial charge in [-0.2, -0.15) is 0 Å². The summed E-state index contributed by atoms with van der Waals surface area (Å²) in [5.41, 5.74) is 0. The molecule has 1 amide bonds. The third-order valence-electron chi connectivity index (χ3n) is 1.15. The number of carbonyl (C=O) groups excluding carboxylic acids is 1. The summed E-state index contributed by atoms with van der Waals surface area (Å²) in [6.07, 6.45) is 0.912. The molecule has 0 bridgehead atoms. The van der Waals surface area contributed by atoms with Gasteiger partial charge in [0.1, 0.15) is 0 Å². The second-order valence-corrected chi connectivity index (χ2v) is 2.31. The Labute approximate surface area is 63.5 Å². The van der Waals surface area contributed by atoms with Crippen LogP contribution >= 0.6 is 22.9 Å². The van der Waals surface area contributed by atoms with Crippen molar-refractivity contribution in [2.24, 2.45) is 5.92 Å². The van der Waals surface area contributed by atoms with Crippen LogP contribution in [0.1, 0.15) is 20.3 Å². The second-order valence-electron chi connectivity index (χ2n) is 1.77. The van der Waals surface area contributed by atoms with Crippen LogP contribution in [0.5, 0.6) is 0 Å². The van der Waals surface area contributed by atoms with E-state index in [1.807, 2.05) is 36.7 Å². The van der Waals surface area contributed by atoms with E-state index in [9.17, 15) is 4.79 Å². The summed E-state index contributed by atoms with van der Waals surface area (Å²) < 4.78 is 2.55. The topological polar surface area (TPSA) is 29.1 Å². The fraction of sp³-hybridized carbons (Fsp3) is 0.800. The third kappa shape index (κ3) is 2.49. The smallest absolute Gasteiger partial charge is 0.231 e. The number of amides is 1. The van der Waals surface area contributed by atoms with Crippen LogP contribution < -0.4 is 3.53 Å². The molecule has 0 aromatic rings. The van der Waals surface area contributed by atoms with Gasteiger partial charge in [0.2, 0.25) is 5.91 Å². The first kappa shape index (κ1) is 8.20. The van der Waals surface area contributed by atoms with E-state index in [2.05, 4.69) is 3.53 Å². The number of carbonyl (C=O) groups is 1. The van der Waals surface area contributed by atoms with E-state index >= 15 is 0 Å². The zero-order valence-corrected chi connectivity index (χ0v) is 7.23. The Morgan fingerprint density at radius 2 is 2.38 bits per heavy atom. The molecule has 3 heteroatoms. The van der Waals surface area contributed by atoms with Crippen molar-refractivity contribution in [3.8, 4) is 0 Å². The van der Waals surface area contributed by atoms with Gasteiger partial charge >= 0.3 is 0 Å². The molecule has 1 atom stereocenters. The summed E-state index contributed by atoms with van der Waals surface area (Å²) in [6.45, 7) is 3.91.